The molecule has 0 aliphatic heterocycles. The van der Waals surface area contributed by atoms with Crippen LogP contribution in [0.1, 0.15) is 76.5 Å². The van der Waals surface area contributed by atoms with Crippen LogP contribution in [0.2, 0.25) is 10.0 Å². The van der Waals surface area contributed by atoms with Gasteiger partial charge < -0.3 is 51.8 Å². The second kappa shape index (κ2) is 24.4. The summed E-state index contributed by atoms with van der Waals surface area (Å²) in [4.78, 5) is 48.1. The lowest BCUT2D eigenvalue weighted by Crippen LogP contribution is -2.26. The second-order valence-corrected chi connectivity index (χ2v) is 20.7. The highest BCUT2D eigenvalue weighted by molar-refractivity contribution is 7.86. The van der Waals surface area contributed by atoms with Crippen molar-refractivity contribution in [3.05, 3.63) is 104 Å². The number of carbonyl (C=O) groups excluding carboxylic acids is 3. The van der Waals surface area contributed by atoms with Crippen molar-refractivity contribution in [1.29, 1.82) is 0 Å². The third-order valence-electron chi connectivity index (χ3n) is 10.3. The maximum atomic E-state index is 13.1. The molecule has 7 rings (SSSR count). The summed E-state index contributed by atoms with van der Waals surface area (Å²) in [5.41, 5.74) is 0.406. The average Bonchev–Trinajstić information content (AvgIpc) is 4.14. The van der Waals surface area contributed by atoms with E-state index in [0.717, 1.165) is 69.5 Å². The molecule has 0 radical (unpaired) electrons. The number of nitrogens with zero attached hydrogens (tertiary/aromatic N) is 1. The van der Waals surface area contributed by atoms with E-state index in [1.807, 2.05) is 0 Å². The van der Waals surface area contributed by atoms with Crippen molar-refractivity contribution < 1.29 is 96.2 Å². The van der Waals surface area contributed by atoms with Gasteiger partial charge in [0.05, 0.1) is 43.5 Å². The highest BCUT2D eigenvalue weighted by atomic mass is 35.5. The van der Waals surface area contributed by atoms with Crippen molar-refractivity contribution in [3.8, 4) is 34.5 Å². The fourth-order valence-electron chi connectivity index (χ4n) is 6.22. The summed E-state index contributed by atoms with van der Waals surface area (Å²) in [7, 11) is -7.73. The lowest BCUT2D eigenvalue weighted by Gasteiger charge is -2.21. The molecule has 72 heavy (non-hydrogen) atoms. The molecule has 1 N–H and O–H groups in total. The van der Waals surface area contributed by atoms with Crippen LogP contribution in [0.15, 0.2) is 67.0 Å². The molecule has 390 valence electrons. The number of rotatable bonds is 25. The second-order valence-electron chi connectivity index (χ2n) is 16.8. The number of pyridine rings is 1. The number of hydrogen-bond acceptors (Lipinski definition) is 18. The van der Waals surface area contributed by atoms with Crippen molar-refractivity contribution in [2.45, 2.75) is 57.7 Å². The minimum Gasteiger partial charge on any atom is -0.619 e. The van der Waals surface area contributed by atoms with Crippen LogP contribution >= 0.6 is 23.2 Å². The summed E-state index contributed by atoms with van der Waals surface area (Å²) in [5.74, 6) is -3.43. The number of carboxylic acids is 1. The first-order chi connectivity index (χ1) is 34.0. The van der Waals surface area contributed by atoms with Gasteiger partial charge in [0.1, 0.15) is 16.1 Å². The number of esters is 3. The Morgan fingerprint density at radius 2 is 1.12 bits per heavy atom. The van der Waals surface area contributed by atoms with E-state index in [4.69, 9.17) is 60.4 Å². The van der Waals surface area contributed by atoms with Gasteiger partial charge in [-0.05, 0) is 104 Å². The van der Waals surface area contributed by atoms with Crippen LogP contribution in [0.3, 0.4) is 0 Å². The Morgan fingerprint density at radius 1 is 0.667 bits per heavy atom. The van der Waals surface area contributed by atoms with E-state index in [-0.39, 0.29) is 85.7 Å². The minimum atomic E-state index is -3.98. The molecule has 3 aromatic carbocycles. The third-order valence-corrected chi connectivity index (χ3v) is 11.9. The van der Waals surface area contributed by atoms with Crippen molar-refractivity contribution in [1.82, 2.24) is 0 Å². The first kappa shape index (κ1) is 55.0. The Bertz CT molecular complexity index is 2840. The van der Waals surface area contributed by atoms with Crippen LogP contribution in [0, 0.1) is 23.0 Å². The van der Waals surface area contributed by atoms with Crippen LogP contribution in [-0.4, -0.2) is 98.0 Å². The zero-order valence-corrected chi connectivity index (χ0v) is 41.4. The highest BCUT2D eigenvalue weighted by Gasteiger charge is 2.29. The van der Waals surface area contributed by atoms with Crippen molar-refractivity contribution in [2.75, 3.05) is 45.5 Å². The highest BCUT2D eigenvalue weighted by Crippen LogP contribution is 2.39. The molecule has 26 heteroatoms. The van der Waals surface area contributed by atoms with Crippen molar-refractivity contribution >= 4 is 67.3 Å². The fraction of sp³-hybridized carbons (Fsp3) is 0.413. The van der Waals surface area contributed by atoms with Gasteiger partial charge in [0.15, 0.2) is 60.1 Å². The van der Waals surface area contributed by atoms with Crippen LogP contribution in [-0.2, 0) is 50.5 Å². The lowest BCUT2D eigenvalue weighted by atomic mass is 10.0. The molecule has 3 aliphatic carbocycles. The van der Waals surface area contributed by atoms with Gasteiger partial charge in [0, 0.05) is 18.1 Å². The van der Waals surface area contributed by atoms with E-state index in [9.17, 15) is 50.0 Å². The van der Waals surface area contributed by atoms with E-state index in [2.05, 4.69) is 9.47 Å². The van der Waals surface area contributed by atoms with Crippen LogP contribution in [0.25, 0.3) is 0 Å². The minimum absolute atomic E-state index is 0.0171. The Balaban J connectivity index is 0.000000307. The van der Waals surface area contributed by atoms with E-state index in [1.165, 1.54) is 48.5 Å². The van der Waals surface area contributed by atoms with Crippen LogP contribution < -0.4 is 32.0 Å². The average molecular weight is 1090 g/mol. The number of benzene rings is 3. The maximum absolute atomic E-state index is 13.1. The zero-order chi connectivity index (χ0) is 52.3. The van der Waals surface area contributed by atoms with E-state index >= 15 is 0 Å². The Labute approximate surface area is 421 Å². The quantitative estimate of drug-likeness (QED) is 0.0233. The predicted octanol–water partition coefficient (Wildman–Crippen LogP) is 6.88. The first-order valence-electron chi connectivity index (χ1n) is 21.8. The summed E-state index contributed by atoms with van der Waals surface area (Å²) in [6.45, 7) is -3.78. The molecular weight excluding hydrogens is 1040 g/mol. The van der Waals surface area contributed by atoms with Gasteiger partial charge in [-0.1, -0.05) is 29.3 Å². The van der Waals surface area contributed by atoms with E-state index in [0.29, 0.717) is 29.8 Å². The number of alkyl halides is 2. The Hall–Kier alpha value is -6.37. The molecule has 0 spiro atoms. The van der Waals surface area contributed by atoms with E-state index in [1.54, 1.807) is 0 Å². The number of aliphatic carboxylic acids is 1. The predicted molar refractivity (Wildman–Crippen MR) is 248 cm³/mol. The largest absolute Gasteiger partial charge is 0.619 e. The van der Waals surface area contributed by atoms with Crippen molar-refractivity contribution in [3.63, 3.8) is 0 Å². The van der Waals surface area contributed by atoms with Gasteiger partial charge in [-0.2, -0.15) is 30.3 Å². The molecule has 3 fully saturated rings. The maximum Gasteiger partial charge on any atom is 0.387 e. The topological polar surface area (TPSA) is 267 Å². The number of aromatic nitrogens is 1. The number of ether oxygens (including phenoxy) is 7. The molecule has 0 amide bonds. The van der Waals surface area contributed by atoms with Crippen molar-refractivity contribution in [2.24, 2.45) is 17.8 Å². The van der Waals surface area contributed by atoms with Gasteiger partial charge in [-0.25, -0.2) is 19.2 Å². The smallest absolute Gasteiger partial charge is 0.387 e. The van der Waals surface area contributed by atoms with Crippen LogP contribution in [0.5, 0.6) is 34.5 Å². The Morgan fingerprint density at radius 3 is 1.62 bits per heavy atom. The number of carbonyl (C=O) groups is 4. The molecule has 3 saturated carbocycles. The SMILES string of the molecule is CS(=O)(=O)Oc1cc(C(=O)OCC(=O)O[C@@H](Cc2c(Cl)c[n+]([O-])cc2Cl)c2ccc(OC(F)F)c(OCC3CC3)c2)ccc1OCC1CC1.CS(=O)(=O)Oc1ccc(C(=O)OCC(=O)O)cc1OCC1CC1. The monoisotopic (exact) mass is 1090 g/mol. The molecule has 0 saturated heterocycles. The Kier molecular flexibility index (Phi) is 18.6. The molecule has 0 bridgehead atoms. The summed E-state index contributed by atoms with van der Waals surface area (Å²) >= 11 is 12.6. The standard InChI is InChI=1S/C32H31Cl2F2NO11S.C14H16O8S/c1-49(41,42)48-29-11-21(7-8-25(29)43-15-18-2-3-18)31(39)45-17-30(38)46-27(12-22-23(33)13-37(40)14-24(22)34)20-6-9-26(47-32(35)36)28(10-20)44-16-19-4-5-19;1-23(18,19)22-11-5-4-10(14(17)21-8-13(15)16)6-12(11)20-7-9-2-3-9/h6-11,13-14,18-19,27,32H,2-5,12,15-17H2,1H3;4-6,9H,2-3,7-8H2,1H3,(H,15,16)/t27-;/m0./s1. The molecule has 0 unspecified atom stereocenters. The molecule has 20 nitrogen and oxygen atoms in total. The summed E-state index contributed by atoms with van der Waals surface area (Å²) in [6.07, 6.45) is 8.37. The number of hydrogen-bond donors (Lipinski definition) is 1. The van der Waals surface area contributed by atoms with Gasteiger partial charge in [-0.3, -0.25) is 0 Å². The normalized spacial score (nSPS) is 14.7. The number of halogens is 4. The summed E-state index contributed by atoms with van der Waals surface area (Å²) in [5, 5.41) is 20.2. The summed E-state index contributed by atoms with van der Waals surface area (Å²) < 4.78 is 120. The first-order valence-corrected chi connectivity index (χ1v) is 26.2. The van der Waals surface area contributed by atoms with Gasteiger partial charge in [0.25, 0.3) is 0 Å². The molecule has 3 aliphatic rings. The van der Waals surface area contributed by atoms with Gasteiger partial charge >= 0.3 is 50.7 Å². The molecular formula is C46H47Cl2F2NO19S2. The van der Waals surface area contributed by atoms with Gasteiger partial charge in [0.2, 0.25) is 0 Å². The number of carboxylic acid groups (broad SMARTS) is 1. The lowest BCUT2D eigenvalue weighted by molar-refractivity contribution is -0.605. The van der Waals surface area contributed by atoms with Crippen LogP contribution in [0.4, 0.5) is 8.78 Å². The molecule has 1 atom stereocenters. The molecule has 1 heterocycles. The third kappa shape index (κ3) is 18.3. The fourth-order valence-corrected chi connectivity index (χ4v) is 7.74. The van der Waals surface area contributed by atoms with Gasteiger partial charge in [-0.15, -0.1) is 0 Å². The molecule has 1 aromatic heterocycles. The molecule has 4 aromatic rings. The summed E-state index contributed by atoms with van der Waals surface area (Å²) in [6, 6.07) is 11.6. The van der Waals surface area contributed by atoms with E-state index < -0.39 is 70.0 Å². The zero-order valence-electron chi connectivity index (χ0n) is 38.3.